The van der Waals surface area contributed by atoms with Crippen molar-refractivity contribution in [2.24, 2.45) is 10.9 Å². The molecule has 0 saturated carbocycles. The molecular formula is C13H19N5O. The van der Waals surface area contributed by atoms with E-state index in [1.165, 1.54) is 0 Å². The monoisotopic (exact) mass is 261 g/mol. The largest absolute Gasteiger partial charge is 0.362 e. The maximum absolute atomic E-state index is 12.0. The molecule has 0 aromatic carbocycles. The standard InChI is InChI=1S/C13H19N5O/c1-7(2)11(19)9-6-14-12-10(16-9)8(3)15-13(17-12)18(4)5/h7H,6H2,1-5H3,(H,14,15,17). The third-order valence-electron chi connectivity index (χ3n) is 2.93. The van der Waals surface area contributed by atoms with Crippen LogP contribution in [0.15, 0.2) is 4.99 Å². The molecule has 2 heterocycles. The second kappa shape index (κ2) is 4.95. The van der Waals surface area contributed by atoms with Crippen LogP contribution in [0.3, 0.4) is 0 Å². The van der Waals surface area contributed by atoms with E-state index in [1.54, 1.807) is 0 Å². The fourth-order valence-electron chi connectivity index (χ4n) is 1.83. The van der Waals surface area contributed by atoms with E-state index in [9.17, 15) is 4.79 Å². The maximum atomic E-state index is 12.0. The third kappa shape index (κ3) is 2.57. The van der Waals surface area contributed by atoms with E-state index in [1.807, 2.05) is 39.8 Å². The zero-order valence-corrected chi connectivity index (χ0v) is 12.0. The molecule has 6 heteroatoms. The Balaban J connectivity index is 2.44. The highest BCUT2D eigenvalue weighted by Gasteiger charge is 2.23. The van der Waals surface area contributed by atoms with Crippen molar-refractivity contribution in [1.29, 1.82) is 0 Å². The number of fused-ring (bicyclic) bond motifs is 1. The number of carbonyl (C=O) groups excluding carboxylic acids is 1. The number of carbonyl (C=O) groups is 1. The van der Waals surface area contributed by atoms with Crippen molar-refractivity contribution in [1.82, 2.24) is 9.97 Å². The summed E-state index contributed by atoms with van der Waals surface area (Å²) in [5, 5.41) is 3.16. The van der Waals surface area contributed by atoms with E-state index < -0.39 is 0 Å². The Bertz CT molecular complexity index is 548. The fourth-order valence-corrected chi connectivity index (χ4v) is 1.83. The molecule has 2 rings (SSSR count). The van der Waals surface area contributed by atoms with E-state index in [-0.39, 0.29) is 11.7 Å². The normalized spacial score (nSPS) is 13.7. The van der Waals surface area contributed by atoms with Crippen LogP contribution in [0.5, 0.6) is 0 Å². The first-order valence-electron chi connectivity index (χ1n) is 6.31. The highest BCUT2D eigenvalue weighted by atomic mass is 16.1. The summed E-state index contributed by atoms with van der Waals surface area (Å²) in [7, 11) is 3.78. The summed E-state index contributed by atoms with van der Waals surface area (Å²) in [6, 6.07) is 0. The summed E-state index contributed by atoms with van der Waals surface area (Å²) in [4.78, 5) is 27.0. The fraction of sp³-hybridized carbons (Fsp3) is 0.538. The first kappa shape index (κ1) is 13.5. The molecule has 0 atom stereocenters. The number of anilines is 2. The number of nitrogens with one attached hydrogen (secondary N) is 1. The van der Waals surface area contributed by atoms with Crippen LogP contribution in [-0.2, 0) is 4.79 Å². The molecule has 0 amide bonds. The predicted molar refractivity (Wildman–Crippen MR) is 76.5 cm³/mol. The zero-order valence-electron chi connectivity index (χ0n) is 12.0. The van der Waals surface area contributed by atoms with Gasteiger partial charge in [0.1, 0.15) is 11.4 Å². The minimum absolute atomic E-state index is 0.0515. The molecular weight excluding hydrogens is 242 g/mol. The first-order valence-corrected chi connectivity index (χ1v) is 6.31. The maximum Gasteiger partial charge on any atom is 0.227 e. The molecule has 0 unspecified atom stereocenters. The van der Waals surface area contributed by atoms with Gasteiger partial charge in [0.25, 0.3) is 0 Å². The molecule has 102 valence electrons. The van der Waals surface area contributed by atoms with Gasteiger partial charge in [0.05, 0.1) is 12.2 Å². The van der Waals surface area contributed by atoms with E-state index in [0.717, 1.165) is 5.69 Å². The summed E-state index contributed by atoms with van der Waals surface area (Å²) >= 11 is 0. The quantitative estimate of drug-likeness (QED) is 0.894. The Labute approximate surface area is 113 Å². The Morgan fingerprint density at radius 2 is 2.00 bits per heavy atom. The van der Waals surface area contributed by atoms with Gasteiger partial charge in [-0.15, -0.1) is 0 Å². The third-order valence-corrected chi connectivity index (χ3v) is 2.93. The lowest BCUT2D eigenvalue weighted by Gasteiger charge is -2.20. The van der Waals surface area contributed by atoms with Gasteiger partial charge in [-0.1, -0.05) is 13.8 Å². The van der Waals surface area contributed by atoms with Crippen LogP contribution >= 0.6 is 0 Å². The Morgan fingerprint density at radius 1 is 1.32 bits per heavy atom. The molecule has 19 heavy (non-hydrogen) atoms. The van der Waals surface area contributed by atoms with Crippen molar-refractivity contribution >= 4 is 28.9 Å². The molecule has 0 fully saturated rings. The van der Waals surface area contributed by atoms with Crippen LogP contribution in [0.4, 0.5) is 17.5 Å². The number of hydrogen-bond donors (Lipinski definition) is 1. The first-order chi connectivity index (χ1) is 8.90. The summed E-state index contributed by atoms with van der Waals surface area (Å²) in [5.74, 6) is 1.34. The van der Waals surface area contributed by atoms with Crippen molar-refractivity contribution in [3.63, 3.8) is 0 Å². The number of hydrogen-bond acceptors (Lipinski definition) is 6. The van der Waals surface area contributed by atoms with Crippen molar-refractivity contribution in [3.8, 4) is 0 Å². The van der Waals surface area contributed by atoms with Gasteiger partial charge >= 0.3 is 0 Å². The average Bonchev–Trinajstić information content (AvgIpc) is 2.37. The Kier molecular flexibility index (Phi) is 3.50. The number of aliphatic imine (C=N–C) groups is 1. The lowest BCUT2D eigenvalue weighted by Crippen LogP contribution is -2.30. The summed E-state index contributed by atoms with van der Waals surface area (Å²) in [6.45, 7) is 6.05. The van der Waals surface area contributed by atoms with Crippen molar-refractivity contribution in [2.75, 3.05) is 30.9 Å². The van der Waals surface area contributed by atoms with Crippen LogP contribution in [0.2, 0.25) is 0 Å². The van der Waals surface area contributed by atoms with Crippen LogP contribution in [-0.4, -0.2) is 42.1 Å². The minimum atomic E-state index is -0.0515. The smallest absolute Gasteiger partial charge is 0.227 e. The Hall–Kier alpha value is -1.98. The molecule has 0 bridgehead atoms. The second-order valence-electron chi connectivity index (χ2n) is 5.13. The second-order valence-corrected chi connectivity index (χ2v) is 5.13. The van der Waals surface area contributed by atoms with Gasteiger partial charge in [-0.3, -0.25) is 4.79 Å². The molecule has 0 spiro atoms. The van der Waals surface area contributed by atoms with Crippen molar-refractivity contribution in [2.45, 2.75) is 20.8 Å². The van der Waals surface area contributed by atoms with Gasteiger partial charge in [-0.25, -0.2) is 9.98 Å². The van der Waals surface area contributed by atoms with Crippen LogP contribution in [0.25, 0.3) is 0 Å². The topological polar surface area (TPSA) is 70.5 Å². The van der Waals surface area contributed by atoms with Crippen molar-refractivity contribution in [3.05, 3.63) is 5.69 Å². The van der Waals surface area contributed by atoms with E-state index in [4.69, 9.17) is 0 Å². The number of Topliss-reactive ketones (excluding diaryl/α,β-unsaturated/α-hetero) is 1. The van der Waals surface area contributed by atoms with Crippen molar-refractivity contribution < 1.29 is 4.79 Å². The molecule has 1 aromatic rings. The number of ketones is 1. The summed E-state index contributed by atoms with van der Waals surface area (Å²) < 4.78 is 0. The van der Waals surface area contributed by atoms with E-state index in [2.05, 4.69) is 20.3 Å². The highest BCUT2D eigenvalue weighted by molar-refractivity contribution is 6.42. The Morgan fingerprint density at radius 3 is 2.58 bits per heavy atom. The lowest BCUT2D eigenvalue weighted by atomic mass is 10.0. The van der Waals surface area contributed by atoms with E-state index >= 15 is 0 Å². The number of rotatable bonds is 3. The van der Waals surface area contributed by atoms with E-state index in [0.29, 0.717) is 29.7 Å². The summed E-state index contributed by atoms with van der Waals surface area (Å²) in [6.07, 6.45) is 0. The number of nitrogens with zero attached hydrogens (tertiary/aromatic N) is 4. The minimum Gasteiger partial charge on any atom is -0.362 e. The zero-order chi connectivity index (χ0) is 14.2. The highest BCUT2D eigenvalue weighted by Crippen LogP contribution is 2.30. The van der Waals surface area contributed by atoms with Gasteiger partial charge in [0.15, 0.2) is 11.6 Å². The van der Waals surface area contributed by atoms with Crippen LogP contribution in [0.1, 0.15) is 19.5 Å². The predicted octanol–water partition coefficient (Wildman–Crippen LogP) is 1.57. The SMILES string of the molecule is Cc1nc(N(C)C)nc2c1N=C(C(=O)C(C)C)CN2. The molecule has 1 aliphatic rings. The molecule has 0 aliphatic carbocycles. The van der Waals surface area contributed by atoms with Crippen LogP contribution < -0.4 is 10.2 Å². The number of aryl methyl sites for hydroxylation is 1. The number of aromatic nitrogens is 2. The summed E-state index contributed by atoms with van der Waals surface area (Å²) in [5.41, 5.74) is 1.99. The average molecular weight is 261 g/mol. The van der Waals surface area contributed by atoms with Gasteiger partial charge < -0.3 is 10.2 Å². The van der Waals surface area contributed by atoms with Gasteiger partial charge in [-0.05, 0) is 6.92 Å². The molecule has 0 saturated heterocycles. The lowest BCUT2D eigenvalue weighted by molar-refractivity contribution is -0.115. The molecule has 6 nitrogen and oxygen atoms in total. The van der Waals surface area contributed by atoms with Gasteiger partial charge in [-0.2, -0.15) is 4.98 Å². The van der Waals surface area contributed by atoms with Gasteiger partial charge in [0, 0.05) is 20.0 Å². The molecule has 1 N–H and O–H groups in total. The van der Waals surface area contributed by atoms with Crippen LogP contribution in [0, 0.1) is 12.8 Å². The van der Waals surface area contributed by atoms with Gasteiger partial charge in [0.2, 0.25) is 5.95 Å². The molecule has 0 radical (unpaired) electrons. The molecule has 1 aromatic heterocycles. The molecule has 1 aliphatic heterocycles.